The Morgan fingerprint density at radius 2 is 2.00 bits per heavy atom. The standard InChI is InChI=1S/C7H15NS/c1-6(2)7-8-5-9(7,3)4/h6H,5H2,1-4H3. The molecule has 1 aliphatic rings. The molecule has 0 radical (unpaired) electrons. The van der Waals surface area contributed by atoms with Crippen LogP contribution in [0.25, 0.3) is 0 Å². The molecule has 0 aromatic carbocycles. The highest BCUT2D eigenvalue weighted by Crippen LogP contribution is 2.50. The van der Waals surface area contributed by atoms with Crippen LogP contribution in [0.5, 0.6) is 0 Å². The molecule has 0 N–H and O–H groups in total. The van der Waals surface area contributed by atoms with Gasteiger partial charge in [-0.25, -0.2) is 0 Å². The monoisotopic (exact) mass is 145 g/mol. The fourth-order valence-electron chi connectivity index (χ4n) is 1.22. The van der Waals surface area contributed by atoms with Crippen molar-refractivity contribution >= 4 is 15.1 Å². The zero-order valence-corrected chi connectivity index (χ0v) is 7.46. The van der Waals surface area contributed by atoms with Crippen LogP contribution < -0.4 is 0 Å². The second kappa shape index (κ2) is 2.01. The van der Waals surface area contributed by atoms with Gasteiger partial charge in [0.15, 0.2) is 0 Å². The third-order valence-electron chi connectivity index (χ3n) is 1.60. The molecule has 0 aromatic rings. The van der Waals surface area contributed by atoms with Gasteiger partial charge >= 0.3 is 0 Å². The highest BCUT2D eigenvalue weighted by Gasteiger charge is 2.28. The molecule has 0 saturated heterocycles. The second-order valence-electron chi connectivity index (χ2n) is 3.32. The number of nitrogens with zero attached hydrogens (tertiary/aromatic N) is 1. The minimum Gasteiger partial charge on any atom is -0.275 e. The molecule has 0 bridgehead atoms. The van der Waals surface area contributed by atoms with Crippen molar-refractivity contribution in [3.05, 3.63) is 0 Å². The molecule has 2 heteroatoms. The van der Waals surface area contributed by atoms with E-state index in [4.69, 9.17) is 0 Å². The molecule has 1 rings (SSSR count). The van der Waals surface area contributed by atoms with Crippen LogP contribution in [0.15, 0.2) is 4.99 Å². The highest BCUT2D eigenvalue weighted by atomic mass is 32.3. The Kier molecular flexibility index (Phi) is 1.59. The van der Waals surface area contributed by atoms with Crippen LogP contribution in [0, 0.1) is 5.92 Å². The van der Waals surface area contributed by atoms with Crippen molar-refractivity contribution in [2.75, 3.05) is 18.4 Å². The maximum Gasteiger partial charge on any atom is 0.0744 e. The summed E-state index contributed by atoms with van der Waals surface area (Å²) < 4.78 is 0. The molecule has 1 aliphatic heterocycles. The maximum absolute atomic E-state index is 4.38. The van der Waals surface area contributed by atoms with Crippen molar-refractivity contribution in [1.82, 2.24) is 0 Å². The van der Waals surface area contributed by atoms with E-state index in [9.17, 15) is 0 Å². The summed E-state index contributed by atoms with van der Waals surface area (Å²) in [5.41, 5.74) is 0. The van der Waals surface area contributed by atoms with Gasteiger partial charge in [0.05, 0.1) is 10.9 Å². The van der Waals surface area contributed by atoms with Crippen molar-refractivity contribution in [3.63, 3.8) is 0 Å². The molecule has 0 aliphatic carbocycles. The molecule has 1 nitrogen and oxygen atoms in total. The summed E-state index contributed by atoms with van der Waals surface area (Å²) in [5, 5.41) is 1.47. The summed E-state index contributed by atoms with van der Waals surface area (Å²) in [6, 6.07) is 0. The zero-order chi connectivity index (χ0) is 7.07. The van der Waals surface area contributed by atoms with Crippen molar-refractivity contribution in [1.29, 1.82) is 0 Å². The Bertz CT molecular complexity index is 147. The van der Waals surface area contributed by atoms with Crippen molar-refractivity contribution in [3.8, 4) is 0 Å². The van der Waals surface area contributed by atoms with E-state index in [2.05, 4.69) is 31.4 Å². The van der Waals surface area contributed by atoms with Gasteiger partial charge in [-0.2, -0.15) is 10.0 Å². The van der Waals surface area contributed by atoms with Gasteiger partial charge in [0.2, 0.25) is 0 Å². The lowest BCUT2D eigenvalue weighted by Crippen LogP contribution is -2.26. The van der Waals surface area contributed by atoms with Crippen LogP contribution in [0.4, 0.5) is 0 Å². The van der Waals surface area contributed by atoms with Crippen molar-refractivity contribution in [2.24, 2.45) is 10.9 Å². The molecule has 1 heterocycles. The smallest absolute Gasteiger partial charge is 0.0744 e. The van der Waals surface area contributed by atoms with Gasteiger partial charge in [-0.1, -0.05) is 13.8 Å². The average Bonchev–Trinajstić information content (AvgIpc) is 1.62. The summed E-state index contributed by atoms with van der Waals surface area (Å²) in [5.74, 6) is 1.80. The number of hydrogen-bond acceptors (Lipinski definition) is 1. The summed E-state index contributed by atoms with van der Waals surface area (Å²) in [4.78, 5) is 4.38. The molecular weight excluding hydrogens is 130 g/mol. The first-order valence-corrected chi connectivity index (χ1v) is 5.91. The largest absolute Gasteiger partial charge is 0.275 e. The number of rotatable bonds is 1. The lowest BCUT2D eigenvalue weighted by atomic mass is 10.2. The topological polar surface area (TPSA) is 12.4 Å². The van der Waals surface area contributed by atoms with Crippen LogP contribution in [-0.4, -0.2) is 23.4 Å². The first kappa shape index (κ1) is 7.13. The third kappa shape index (κ3) is 1.13. The van der Waals surface area contributed by atoms with Gasteiger partial charge < -0.3 is 0 Å². The van der Waals surface area contributed by atoms with E-state index in [1.54, 1.807) is 0 Å². The second-order valence-corrected chi connectivity index (χ2v) is 7.07. The predicted octanol–water partition coefficient (Wildman–Crippen LogP) is 2.08. The molecule has 54 valence electrons. The minimum atomic E-state index is -0.372. The quantitative estimate of drug-likeness (QED) is 0.535. The Labute approximate surface area is 58.9 Å². The number of aliphatic imine (C=N–C) groups is 1. The van der Waals surface area contributed by atoms with Gasteiger partial charge in [0.1, 0.15) is 0 Å². The van der Waals surface area contributed by atoms with E-state index < -0.39 is 0 Å². The van der Waals surface area contributed by atoms with Crippen LogP contribution in [0.1, 0.15) is 13.8 Å². The SMILES string of the molecule is CC(C)C1=NCS1(C)C. The fourth-order valence-corrected chi connectivity index (χ4v) is 3.29. The minimum absolute atomic E-state index is 0.372. The van der Waals surface area contributed by atoms with Crippen LogP contribution in [-0.2, 0) is 0 Å². The Morgan fingerprint density at radius 3 is 2.00 bits per heavy atom. The van der Waals surface area contributed by atoms with Crippen LogP contribution >= 0.6 is 10.0 Å². The molecule has 0 fully saturated rings. The predicted molar refractivity (Wildman–Crippen MR) is 46.6 cm³/mol. The molecule has 0 amide bonds. The zero-order valence-electron chi connectivity index (χ0n) is 6.64. The van der Waals surface area contributed by atoms with Crippen molar-refractivity contribution in [2.45, 2.75) is 13.8 Å². The van der Waals surface area contributed by atoms with E-state index in [1.807, 2.05) is 0 Å². The highest BCUT2D eigenvalue weighted by molar-refractivity contribution is 8.45. The van der Waals surface area contributed by atoms with Gasteiger partial charge in [-0.05, 0) is 18.4 Å². The summed E-state index contributed by atoms with van der Waals surface area (Å²) in [7, 11) is -0.372. The summed E-state index contributed by atoms with van der Waals surface area (Å²) in [6.45, 7) is 4.46. The van der Waals surface area contributed by atoms with E-state index in [1.165, 1.54) is 5.04 Å². The Hall–Kier alpha value is 0.0200. The van der Waals surface area contributed by atoms with Crippen LogP contribution in [0.3, 0.4) is 0 Å². The normalized spacial score (nSPS) is 27.0. The maximum atomic E-state index is 4.38. The van der Waals surface area contributed by atoms with Crippen LogP contribution in [0.2, 0.25) is 0 Å². The first-order valence-electron chi connectivity index (χ1n) is 3.29. The summed E-state index contributed by atoms with van der Waals surface area (Å²) >= 11 is 0. The van der Waals surface area contributed by atoms with Crippen molar-refractivity contribution < 1.29 is 0 Å². The molecular formula is C7H15NS. The first-order chi connectivity index (χ1) is 4.04. The lowest BCUT2D eigenvalue weighted by molar-refractivity contribution is 0.887. The Balaban J connectivity index is 2.65. The number of hydrogen-bond donors (Lipinski definition) is 0. The van der Waals surface area contributed by atoms with Gasteiger partial charge in [0.25, 0.3) is 0 Å². The van der Waals surface area contributed by atoms with Gasteiger partial charge in [-0.15, -0.1) is 0 Å². The molecule has 0 aromatic heterocycles. The van der Waals surface area contributed by atoms with E-state index >= 15 is 0 Å². The van der Waals surface area contributed by atoms with E-state index in [0.717, 1.165) is 5.88 Å². The van der Waals surface area contributed by atoms with E-state index in [0.29, 0.717) is 5.92 Å². The molecule has 9 heavy (non-hydrogen) atoms. The Morgan fingerprint density at radius 1 is 1.44 bits per heavy atom. The fraction of sp³-hybridized carbons (Fsp3) is 0.857. The molecule has 0 atom stereocenters. The third-order valence-corrected chi connectivity index (χ3v) is 4.11. The molecule has 0 spiro atoms. The van der Waals surface area contributed by atoms with Gasteiger partial charge in [-0.3, -0.25) is 4.99 Å². The average molecular weight is 145 g/mol. The molecule has 0 unspecified atom stereocenters. The lowest BCUT2D eigenvalue weighted by Gasteiger charge is -2.41. The van der Waals surface area contributed by atoms with Gasteiger partial charge in [0, 0.05) is 0 Å². The van der Waals surface area contributed by atoms with E-state index in [-0.39, 0.29) is 10.0 Å². The summed E-state index contributed by atoms with van der Waals surface area (Å²) in [6.07, 6.45) is 4.69. The molecule has 0 saturated carbocycles.